The number of amidine groups is 1. The van der Waals surface area contributed by atoms with Gasteiger partial charge in [-0.15, -0.1) is 16.8 Å². The van der Waals surface area contributed by atoms with Crippen molar-refractivity contribution in [3.63, 3.8) is 0 Å². The summed E-state index contributed by atoms with van der Waals surface area (Å²) < 4.78 is 1.77. The Hall–Kier alpha value is -2.23. The molecule has 0 bridgehead atoms. The number of H-pyrrole nitrogens is 1. The Bertz CT molecular complexity index is 1110. The lowest BCUT2D eigenvalue weighted by Crippen LogP contribution is -2.04. The lowest BCUT2D eigenvalue weighted by atomic mass is 10.2. The van der Waals surface area contributed by atoms with E-state index >= 15 is 0 Å². The number of aromatic amines is 1. The smallest absolute Gasteiger partial charge is 0.218 e. The molecule has 0 amide bonds. The topological polar surface area (TPSA) is 90.2 Å². The van der Waals surface area contributed by atoms with Crippen molar-refractivity contribution in [3.8, 4) is 5.88 Å². The second-order valence-corrected chi connectivity index (χ2v) is 8.62. The average molecular weight is 536 g/mol. The van der Waals surface area contributed by atoms with E-state index in [2.05, 4.69) is 58.6 Å². The van der Waals surface area contributed by atoms with E-state index in [-0.39, 0.29) is 17.4 Å². The van der Waals surface area contributed by atoms with Crippen molar-refractivity contribution in [3.05, 3.63) is 69.6 Å². The number of aromatic nitrogens is 1. The number of carbonyl (C=O) groups is 1. The summed E-state index contributed by atoms with van der Waals surface area (Å²) in [5.41, 5.74) is 1.66. The molecule has 0 aliphatic heterocycles. The maximum atomic E-state index is 12.4. The fourth-order valence-corrected chi connectivity index (χ4v) is 3.74. The molecule has 0 unspecified atom stereocenters. The minimum Gasteiger partial charge on any atom is -0.493 e. The highest BCUT2D eigenvalue weighted by molar-refractivity contribution is 9.10. The fourth-order valence-electron chi connectivity index (χ4n) is 2.43. The summed E-state index contributed by atoms with van der Waals surface area (Å²) in [4.78, 5) is 19.5. The van der Waals surface area contributed by atoms with Gasteiger partial charge in [-0.05, 0) is 30.3 Å². The molecule has 2 aromatic carbocycles. The van der Waals surface area contributed by atoms with Gasteiger partial charge in [0.25, 0.3) is 0 Å². The van der Waals surface area contributed by atoms with E-state index in [0.717, 1.165) is 19.8 Å². The standard InChI is InChI=1S/C20H16Br2N4O2S/c1-2-9-23-20(29-11-17(27)12-3-5-13(21)6-4-12)26-25-18-15-10-14(22)7-8-16(15)24-19(18)28/h2-8,10,24,28H,1,9,11H2. The number of carbonyl (C=O) groups excluding carboxylic acids is 1. The molecule has 0 aliphatic rings. The molecule has 1 aromatic heterocycles. The number of fused-ring (bicyclic) bond motifs is 1. The zero-order valence-electron chi connectivity index (χ0n) is 15.1. The number of halogens is 2. The first-order chi connectivity index (χ1) is 14.0. The van der Waals surface area contributed by atoms with E-state index in [9.17, 15) is 9.90 Å². The van der Waals surface area contributed by atoms with Crippen LogP contribution in [-0.4, -0.2) is 33.3 Å². The quantitative estimate of drug-likeness (QED) is 0.122. The number of benzene rings is 2. The van der Waals surface area contributed by atoms with E-state index in [1.54, 1.807) is 18.2 Å². The van der Waals surface area contributed by atoms with Crippen LogP contribution in [0.2, 0.25) is 0 Å². The van der Waals surface area contributed by atoms with E-state index in [4.69, 9.17) is 0 Å². The number of thioether (sulfide) groups is 1. The number of aliphatic imine (C=N–C) groups is 1. The number of hydrogen-bond acceptors (Lipinski definition) is 5. The van der Waals surface area contributed by atoms with Gasteiger partial charge in [-0.1, -0.05) is 61.8 Å². The predicted octanol–water partition coefficient (Wildman–Crippen LogP) is 6.64. The van der Waals surface area contributed by atoms with Gasteiger partial charge in [0.1, 0.15) is 0 Å². The average Bonchev–Trinajstić information content (AvgIpc) is 3.02. The number of nitrogens with one attached hydrogen (secondary N) is 1. The summed E-state index contributed by atoms with van der Waals surface area (Å²) in [6.45, 7) is 3.99. The Morgan fingerprint density at radius 1 is 1.17 bits per heavy atom. The molecule has 9 heteroatoms. The van der Waals surface area contributed by atoms with E-state index in [1.807, 2.05) is 30.3 Å². The third-order valence-electron chi connectivity index (χ3n) is 3.80. The zero-order valence-corrected chi connectivity index (χ0v) is 19.1. The predicted molar refractivity (Wildman–Crippen MR) is 126 cm³/mol. The summed E-state index contributed by atoms with van der Waals surface area (Å²) in [6.07, 6.45) is 1.63. The van der Waals surface area contributed by atoms with Crippen LogP contribution in [0.5, 0.6) is 5.88 Å². The lowest BCUT2D eigenvalue weighted by Gasteiger charge is -2.01. The number of ketones is 1. The number of Topliss-reactive ketones (excluding diaryl/α,β-unsaturated/α-hetero) is 1. The summed E-state index contributed by atoms with van der Waals surface area (Å²) in [5.74, 6) is 0.0472. The van der Waals surface area contributed by atoms with Crippen molar-refractivity contribution < 1.29 is 9.90 Å². The van der Waals surface area contributed by atoms with Gasteiger partial charge in [0, 0.05) is 19.9 Å². The summed E-state index contributed by atoms with van der Waals surface area (Å²) in [7, 11) is 0. The van der Waals surface area contributed by atoms with Crippen LogP contribution in [0.4, 0.5) is 5.69 Å². The Morgan fingerprint density at radius 2 is 1.90 bits per heavy atom. The molecule has 0 aliphatic carbocycles. The second-order valence-electron chi connectivity index (χ2n) is 5.84. The van der Waals surface area contributed by atoms with Crippen LogP contribution in [0.3, 0.4) is 0 Å². The molecule has 0 saturated heterocycles. The first kappa shape index (κ1) is 21.5. The van der Waals surface area contributed by atoms with Gasteiger partial charge < -0.3 is 10.1 Å². The Balaban J connectivity index is 1.78. The molecule has 1 heterocycles. The first-order valence-corrected chi connectivity index (χ1v) is 11.0. The lowest BCUT2D eigenvalue weighted by molar-refractivity contribution is 0.102. The van der Waals surface area contributed by atoms with Crippen molar-refractivity contribution in [2.45, 2.75) is 0 Å². The van der Waals surface area contributed by atoms with Gasteiger partial charge >= 0.3 is 0 Å². The third-order valence-corrected chi connectivity index (χ3v) is 5.70. The van der Waals surface area contributed by atoms with Crippen LogP contribution in [0.1, 0.15) is 10.4 Å². The molecule has 0 spiro atoms. The molecule has 0 fully saturated rings. The molecule has 0 atom stereocenters. The molecule has 0 radical (unpaired) electrons. The van der Waals surface area contributed by atoms with Crippen LogP contribution in [-0.2, 0) is 0 Å². The largest absolute Gasteiger partial charge is 0.493 e. The molecule has 6 nitrogen and oxygen atoms in total. The van der Waals surface area contributed by atoms with Gasteiger partial charge in [-0.25, -0.2) is 0 Å². The van der Waals surface area contributed by atoms with E-state index < -0.39 is 0 Å². The van der Waals surface area contributed by atoms with Gasteiger partial charge in [-0.2, -0.15) is 0 Å². The number of aromatic hydroxyl groups is 1. The molecular weight excluding hydrogens is 520 g/mol. The molecule has 29 heavy (non-hydrogen) atoms. The van der Waals surface area contributed by atoms with Crippen LogP contribution in [0.25, 0.3) is 10.9 Å². The minimum absolute atomic E-state index is 0.0390. The van der Waals surface area contributed by atoms with Crippen LogP contribution >= 0.6 is 43.6 Å². The Morgan fingerprint density at radius 3 is 2.62 bits per heavy atom. The highest BCUT2D eigenvalue weighted by Gasteiger charge is 2.12. The molecule has 3 rings (SSSR count). The monoisotopic (exact) mass is 534 g/mol. The van der Waals surface area contributed by atoms with Crippen LogP contribution < -0.4 is 0 Å². The van der Waals surface area contributed by atoms with Gasteiger partial charge in [0.15, 0.2) is 11.5 Å². The molecule has 2 N–H and O–H groups in total. The number of rotatable bonds is 6. The van der Waals surface area contributed by atoms with Crippen LogP contribution in [0, 0.1) is 0 Å². The molecule has 148 valence electrons. The third kappa shape index (κ3) is 5.65. The minimum atomic E-state index is -0.0825. The highest BCUT2D eigenvalue weighted by atomic mass is 79.9. The zero-order chi connectivity index (χ0) is 20.8. The van der Waals surface area contributed by atoms with Crippen LogP contribution in [0.15, 0.2) is 79.3 Å². The summed E-state index contributed by atoms with van der Waals surface area (Å²) in [6, 6.07) is 12.7. The van der Waals surface area contributed by atoms with Crippen molar-refractivity contribution in [2.75, 3.05) is 12.3 Å². The number of azo groups is 1. The van der Waals surface area contributed by atoms with Gasteiger partial charge in [0.05, 0.1) is 17.8 Å². The normalized spacial score (nSPS) is 12.0. The highest BCUT2D eigenvalue weighted by Crippen LogP contribution is 2.37. The first-order valence-electron chi connectivity index (χ1n) is 8.46. The number of nitrogens with zero attached hydrogens (tertiary/aromatic N) is 3. The maximum absolute atomic E-state index is 12.4. The molecule has 0 saturated carbocycles. The SMILES string of the molecule is C=CCN=C(N=Nc1c(O)[nH]c2ccc(Br)cc12)SCC(=O)c1ccc(Br)cc1. The Labute approximate surface area is 188 Å². The van der Waals surface area contributed by atoms with E-state index in [1.165, 1.54) is 11.8 Å². The van der Waals surface area contributed by atoms with Crippen molar-refractivity contribution >= 4 is 71.2 Å². The van der Waals surface area contributed by atoms with Crippen molar-refractivity contribution in [1.29, 1.82) is 0 Å². The summed E-state index contributed by atoms with van der Waals surface area (Å²) >= 11 is 7.95. The van der Waals surface area contributed by atoms with E-state index in [0.29, 0.717) is 23.0 Å². The molecular formula is C20H16Br2N4O2S. The van der Waals surface area contributed by atoms with Crippen molar-refractivity contribution in [1.82, 2.24) is 4.98 Å². The Kier molecular flexibility index (Phi) is 7.40. The second kappa shape index (κ2) is 10.00. The van der Waals surface area contributed by atoms with Gasteiger partial charge in [0.2, 0.25) is 11.0 Å². The fraction of sp³-hybridized carbons (Fsp3) is 0.100. The maximum Gasteiger partial charge on any atom is 0.218 e. The summed E-state index contributed by atoms with van der Waals surface area (Å²) in [5, 5.41) is 19.5. The number of hydrogen-bond donors (Lipinski definition) is 2. The van der Waals surface area contributed by atoms with Crippen molar-refractivity contribution in [2.24, 2.45) is 15.2 Å². The van der Waals surface area contributed by atoms with Gasteiger partial charge in [-0.3, -0.25) is 9.79 Å². The molecule has 3 aromatic rings.